The van der Waals surface area contributed by atoms with Gasteiger partial charge in [0.05, 0.1) is 10.6 Å². The van der Waals surface area contributed by atoms with Gasteiger partial charge in [0.2, 0.25) is 0 Å². The van der Waals surface area contributed by atoms with Gasteiger partial charge in [-0.2, -0.15) is 0 Å². The fraction of sp³-hybridized carbons (Fsp3) is 0.250. The molecule has 0 amide bonds. The molecule has 0 radical (unpaired) electrons. The molecule has 26 heavy (non-hydrogen) atoms. The summed E-state index contributed by atoms with van der Waals surface area (Å²) in [6.07, 6.45) is 0. The Balaban J connectivity index is 1.76. The first-order valence-electron chi connectivity index (χ1n) is 8.29. The zero-order valence-electron chi connectivity index (χ0n) is 14.4. The van der Waals surface area contributed by atoms with Gasteiger partial charge >= 0.3 is 5.63 Å². The van der Waals surface area contributed by atoms with Crippen molar-refractivity contribution in [3.05, 3.63) is 73.1 Å². The molecule has 4 rings (SSSR count). The summed E-state index contributed by atoms with van der Waals surface area (Å²) in [5, 5.41) is 2.09. The Labute approximate surface area is 160 Å². The maximum Gasteiger partial charge on any atom is 0.339 e. The first-order valence-corrected chi connectivity index (χ1v) is 9.04. The van der Waals surface area contributed by atoms with Gasteiger partial charge in [-0.05, 0) is 43.2 Å². The lowest BCUT2D eigenvalue weighted by Gasteiger charge is -2.30. The van der Waals surface area contributed by atoms with E-state index in [0.717, 1.165) is 22.1 Å². The topological polar surface area (TPSA) is 42.7 Å². The number of halogens is 2. The van der Waals surface area contributed by atoms with Crippen LogP contribution >= 0.6 is 23.2 Å². The highest BCUT2D eigenvalue weighted by molar-refractivity contribution is 6.33. The van der Waals surface area contributed by atoms with Crippen molar-refractivity contribution in [1.29, 1.82) is 0 Å². The highest BCUT2D eigenvalue weighted by Crippen LogP contribution is 2.39. The number of benzene rings is 2. The summed E-state index contributed by atoms with van der Waals surface area (Å²) in [6, 6.07) is 9.53. The number of aryl methyl sites for hydroxylation is 1. The molecular weight excluding hydrogens is 373 g/mol. The molecule has 1 aliphatic rings. The summed E-state index contributed by atoms with van der Waals surface area (Å²) in [5.74, 6) is 0.595. The van der Waals surface area contributed by atoms with Gasteiger partial charge in [-0.1, -0.05) is 35.3 Å². The molecule has 1 aromatic heterocycles. The highest BCUT2D eigenvalue weighted by Gasteiger charge is 2.25. The summed E-state index contributed by atoms with van der Waals surface area (Å²) in [5.41, 5.74) is 3.65. The zero-order chi connectivity index (χ0) is 18.4. The van der Waals surface area contributed by atoms with Crippen molar-refractivity contribution in [2.45, 2.75) is 26.9 Å². The standard InChI is InChI=1S/C20H17Cl2NO3/c1-11-12(2)20(24)26-18-15(11)7-17(22)19-16(18)9-23(10-25-19)8-13-3-5-14(21)6-4-13/h3-7H,8-10H2,1-2H3. The Bertz CT molecular complexity index is 1060. The van der Waals surface area contributed by atoms with E-state index in [1.807, 2.05) is 37.3 Å². The minimum absolute atomic E-state index is 0.325. The Hall–Kier alpha value is -2.01. The molecule has 4 nitrogen and oxygen atoms in total. The maximum atomic E-state index is 12.2. The van der Waals surface area contributed by atoms with E-state index in [9.17, 15) is 4.79 Å². The van der Waals surface area contributed by atoms with E-state index in [2.05, 4.69) is 4.90 Å². The van der Waals surface area contributed by atoms with Gasteiger partial charge in [-0.3, -0.25) is 4.90 Å². The fourth-order valence-corrected chi connectivity index (χ4v) is 3.67. The number of fused-ring (bicyclic) bond motifs is 3. The van der Waals surface area contributed by atoms with Crippen LogP contribution in [0, 0.1) is 13.8 Å². The van der Waals surface area contributed by atoms with E-state index in [-0.39, 0.29) is 5.63 Å². The lowest BCUT2D eigenvalue weighted by molar-refractivity contribution is 0.0890. The molecule has 0 saturated heterocycles. The molecule has 2 heterocycles. The van der Waals surface area contributed by atoms with Gasteiger partial charge in [-0.15, -0.1) is 0 Å². The molecule has 6 heteroatoms. The first-order chi connectivity index (χ1) is 12.4. The Kier molecular flexibility index (Phi) is 4.43. The SMILES string of the molecule is Cc1c(C)c2cc(Cl)c3c(c2oc1=O)CN(Cc1ccc(Cl)cc1)CO3. The Morgan fingerprint density at radius 1 is 1.12 bits per heavy atom. The largest absolute Gasteiger partial charge is 0.476 e. The molecule has 0 spiro atoms. The zero-order valence-corrected chi connectivity index (χ0v) is 15.9. The normalized spacial score (nSPS) is 14.3. The minimum atomic E-state index is -0.325. The van der Waals surface area contributed by atoms with E-state index in [1.54, 1.807) is 6.92 Å². The van der Waals surface area contributed by atoms with E-state index in [0.29, 0.717) is 46.8 Å². The average Bonchev–Trinajstić information content (AvgIpc) is 2.63. The van der Waals surface area contributed by atoms with Gasteiger partial charge in [0.1, 0.15) is 18.1 Å². The van der Waals surface area contributed by atoms with Crippen LogP contribution in [0.1, 0.15) is 22.3 Å². The fourth-order valence-electron chi connectivity index (χ4n) is 3.26. The smallest absolute Gasteiger partial charge is 0.339 e. The molecule has 2 aromatic carbocycles. The van der Waals surface area contributed by atoms with E-state index in [1.165, 1.54) is 0 Å². The quantitative estimate of drug-likeness (QED) is 0.573. The van der Waals surface area contributed by atoms with Gasteiger partial charge in [0.25, 0.3) is 0 Å². The molecule has 0 unspecified atom stereocenters. The third-order valence-electron chi connectivity index (χ3n) is 4.84. The summed E-state index contributed by atoms with van der Waals surface area (Å²) in [7, 11) is 0. The van der Waals surface area contributed by atoms with E-state index in [4.69, 9.17) is 32.4 Å². The number of hydrogen-bond donors (Lipinski definition) is 0. The van der Waals surface area contributed by atoms with Crippen molar-refractivity contribution in [2.75, 3.05) is 6.73 Å². The number of rotatable bonds is 2. The molecule has 0 saturated carbocycles. The van der Waals surface area contributed by atoms with E-state index < -0.39 is 0 Å². The summed E-state index contributed by atoms with van der Waals surface area (Å²) in [6.45, 7) is 5.36. The summed E-state index contributed by atoms with van der Waals surface area (Å²) >= 11 is 12.4. The third-order valence-corrected chi connectivity index (χ3v) is 5.37. The van der Waals surface area contributed by atoms with Crippen LogP contribution < -0.4 is 10.4 Å². The summed E-state index contributed by atoms with van der Waals surface area (Å²) < 4.78 is 11.5. The number of nitrogens with zero attached hydrogens (tertiary/aromatic N) is 1. The predicted octanol–water partition coefficient (Wildman–Crippen LogP) is 5.07. The van der Waals surface area contributed by atoms with Crippen LogP contribution in [-0.2, 0) is 13.1 Å². The average molecular weight is 390 g/mol. The van der Waals surface area contributed by atoms with Gasteiger partial charge in [0, 0.05) is 29.1 Å². The molecule has 0 atom stereocenters. The molecular formula is C20H17Cl2NO3. The molecule has 0 bridgehead atoms. The van der Waals surface area contributed by atoms with Crippen molar-refractivity contribution in [2.24, 2.45) is 0 Å². The second-order valence-electron chi connectivity index (χ2n) is 6.57. The lowest BCUT2D eigenvalue weighted by atomic mass is 10.0. The summed E-state index contributed by atoms with van der Waals surface area (Å²) in [4.78, 5) is 14.3. The lowest BCUT2D eigenvalue weighted by Crippen LogP contribution is -2.32. The van der Waals surface area contributed by atoms with Crippen LogP contribution in [0.5, 0.6) is 5.75 Å². The van der Waals surface area contributed by atoms with Crippen LogP contribution in [0.25, 0.3) is 11.0 Å². The van der Waals surface area contributed by atoms with Crippen LogP contribution in [0.4, 0.5) is 0 Å². The molecule has 3 aromatic rings. The van der Waals surface area contributed by atoms with Crippen LogP contribution in [0.15, 0.2) is 39.5 Å². The van der Waals surface area contributed by atoms with Gasteiger partial charge < -0.3 is 9.15 Å². The van der Waals surface area contributed by atoms with Gasteiger partial charge in [0.15, 0.2) is 0 Å². The molecule has 0 fully saturated rings. The molecule has 134 valence electrons. The second-order valence-corrected chi connectivity index (χ2v) is 7.41. The second kappa shape index (κ2) is 6.62. The Morgan fingerprint density at radius 2 is 1.85 bits per heavy atom. The molecule has 0 N–H and O–H groups in total. The van der Waals surface area contributed by atoms with Crippen molar-refractivity contribution >= 4 is 34.2 Å². The predicted molar refractivity (Wildman–Crippen MR) is 103 cm³/mol. The van der Waals surface area contributed by atoms with Crippen LogP contribution in [0.3, 0.4) is 0 Å². The van der Waals surface area contributed by atoms with Crippen LogP contribution in [-0.4, -0.2) is 11.6 Å². The minimum Gasteiger partial charge on any atom is -0.476 e. The van der Waals surface area contributed by atoms with Crippen molar-refractivity contribution in [1.82, 2.24) is 4.90 Å². The van der Waals surface area contributed by atoms with Crippen molar-refractivity contribution in [3.63, 3.8) is 0 Å². The highest BCUT2D eigenvalue weighted by atomic mass is 35.5. The number of ether oxygens (including phenoxy) is 1. The third kappa shape index (κ3) is 2.98. The molecule has 1 aliphatic heterocycles. The van der Waals surface area contributed by atoms with E-state index >= 15 is 0 Å². The number of hydrogen-bond acceptors (Lipinski definition) is 4. The van der Waals surface area contributed by atoms with Crippen molar-refractivity contribution < 1.29 is 9.15 Å². The van der Waals surface area contributed by atoms with Crippen LogP contribution in [0.2, 0.25) is 10.0 Å². The molecule has 0 aliphatic carbocycles. The monoisotopic (exact) mass is 389 g/mol. The van der Waals surface area contributed by atoms with Crippen molar-refractivity contribution in [3.8, 4) is 5.75 Å². The van der Waals surface area contributed by atoms with Gasteiger partial charge in [-0.25, -0.2) is 4.79 Å². The Morgan fingerprint density at radius 3 is 2.58 bits per heavy atom. The maximum absolute atomic E-state index is 12.2. The first kappa shape index (κ1) is 17.4.